The molecule has 2 aromatic rings. The van der Waals surface area contributed by atoms with E-state index in [2.05, 4.69) is 4.98 Å². The van der Waals surface area contributed by atoms with Crippen molar-refractivity contribution in [1.82, 2.24) is 4.98 Å². The van der Waals surface area contributed by atoms with Crippen LogP contribution in [0.3, 0.4) is 0 Å². The maximum Gasteiger partial charge on any atom is 0.358 e. The van der Waals surface area contributed by atoms with Gasteiger partial charge in [0.2, 0.25) is 5.88 Å². The van der Waals surface area contributed by atoms with E-state index in [1.54, 1.807) is 24.3 Å². The molecule has 0 radical (unpaired) electrons. The Hall–Kier alpha value is -2.62. The van der Waals surface area contributed by atoms with Crippen LogP contribution in [0.5, 0.6) is 5.88 Å². The van der Waals surface area contributed by atoms with Crippen molar-refractivity contribution in [3.05, 3.63) is 51.0 Å². The number of alkyl halides is 4. The number of aryl methyl sites for hydroxylation is 1. The van der Waals surface area contributed by atoms with Crippen molar-refractivity contribution < 1.29 is 36.9 Å². The van der Waals surface area contributed by atoms with Crippen LogP contribution in [0.2, 0.25) is 0 Å². The molecule has 0 spiro atoms. The van der Waals surface area contributed by atoms with Crippen molar-refractivity contribution in [1.29, 1.82) is 0 Å². The number of hydrogen-bond acceptors (Lipinski definition) is 5. The summed E-state index contributed by atoms with van der Waals surface area (Å²) in [7, 11) is 1.33. The van der Waals surface area contributed by atoms with Gasteiger partial charge in [0, 0.05) is 0 Å². The van der Waals surface area contributed by atoms with Crippen LogP contribution in [0, 0.1) is 6.92 Å². The third-order valence-electron chi connectivity index (χ3n) is 3.84. The zero-order chi connectivity index (χ0) is 21.1. The molecule has 1 N–H and O–H groups in total. The summed E-state index contributed by atoms with van der Waals surface area (Å²) in [6, 6.07) is 6.42. The standard InChI is InChI=1S/C18H17F4NO4S/c1-9(26-3)13(15(24)25)12-7-5-4-6-11(12)8-27-14-10(2)28-17(23-14)18(21,22)16(19)20/h4-7,16H,8H2,1-3H3,(H,24,25)/b13-9+. The molecule has 0 unspecified atom stereocenters. The Balaban J connectivity index is 2.33. The molecule has 28 heavy (non-hydrogen) atoms. The first kappa shape index (κ1) is 21.7. The van der Waals surface area contributed by atoms with Crippen LogP contribution >= 0.6 is 11.3 Å². The lowest BCUT2D eigenvalue weighted by molar-refractivity contribution is -0.135. The molecular weight excluding hydrogens is 402 g/mol. The van der Waals surface area contributed by atoms with Crippen molar-refractivity contribution in [3.63, 3.8) is 0 Å². The molecular formula is C18H17F4NO4S. The number of carboxylic acid groups (broad SMARTS) is 1. The zero-order valence-electron chi connectivity index (χ0n) is 15.1. The van der Waals surface area contributed by atoms with Crippen LogP contribution < -0.4 is 4.74 Å². The number of methoxy groups -OCH3 is 1. The maximum absolute atomic E-state index is 13.5. The number of ether oxygens (including phenoxy) is 2. The van der Waals surface area contributed by atoms with Crippen LogP contribution in [0.4, 0.5) is 17.6 Å². The molecule has 2 rings (SSSR count). The fraction of sp³-hybridized carbons (Fsp3) is 0.333. The molecule has 0 aliphatic carbocycles. The van der Waals surface area contributed by atoms with E-state index in [-0.39, 0.29) is 28.7 Å². The van der Waals surface area contributed by atoms with E-state index >= 15 is 0 Å². The number of aromatic nitrogens is 1. The smallest absolute Gasteiger partial charge is 0.358 e. The first-order valence-corrected chi connectivity index (χ1v) is 8.74. The number of carboxylic acids is 1. The monoisotopic (exact) mass is 419 g/mol. The van der Waals surface area contributed by atoms with Crippen LogP contribution in [0.25, 0.3) is 5.57 Å². The average molecular weight is 419 g/mol. The molecule has 0 saturated carbocycles. The number of allylic oxidation sites excluding steroid dienone is 1. The summed E-state index contributed by atoms with van der Waals surface area (Å²) in [6.45, 7) is 2.71. The number of nitrogens with zero attached hydrogens (tertiary/aromatic N) is 1. The molecule has 0 saturated heterocycles. The Kier molecular flexibility index (Phi) is 6.65. The minimum atomic E-state index is -4.37. The first-order valence-electron chi connectivity index (χ1n) is 7.92. The van der Waals surface area contributed by atoms with Crippen LogP contribution in [-0.2, 0) is 22.1 Å². The Labute approximate surface area is 162 Å². The van der Waals surface area contributed by atoms with Gasteiger partial charge in [-0.15, -0.1) is 11.3 Å². The molecule has 5 nitrogen and oxygen atoms in total. The summed E-state index contributed by atoms with van der Waals surface area (Å²) in [5.74, 6) is -5.62. The molecule has 1 heterocycles. The molecule has 152 valence electrons. The summed E-state index contributed by atoms with van der Waals surface area (Å²) in [6.07, 6.45) is -3.88. The number of benzene rings is 1. The largest absolute Gasteiger partial charge is 0.500 e. The minimum absolute atomic E-state index is 0.0818. The molecule has 0 atom stereocenters. The second-order valence-electron chi connectivity index (χ2n) is 5.69. The Bertz CT molecular complexity index is 895. The lowest BCUT2D eigenvalue weighted by Gasteiger charge is -2.13. The Morgan fingerprint density at radius 2 is 1.96 bits per heavy atom. The van der Waals surface area contributed by atoms with Crippen molar-refractivity contribution in [2.45, 2.75) is 32.8 Å². The van der Waals surface area contributed by atoms with Gasteiger partial charge in [0.15, 0.2) is 5.01 Å². The van der Waals surface area contributed by atoms with E-state index in [4.69, 9.17) is 9.47 Å². The highest BCUT2D eigenvalue weighted by Gasteiger charge is 2.46. The highest BCUT2D eigenvalue weighted by Crippen LogP contribution is 2.40. The number of halogens is 4. The third-order valence-corrected chi connectivity index (χ3v) is 4.87. The van der Waals surface area contributed by atoms with Gasteiger partial charge in [0.1, 0.15) is 17.9 Å². The fourth-order valence-electron chi connectivity index (χ4n) is 2.35. The fourth-order valence-corrected chi connectivity index (χ4v) is 3.18. The van der Waals surface area contributed by atoms with E-state index in [1.807, 2.05) is 0 Å². The van der Waals surface area contributed by atoms with Gasteiger partial charge in [0.05, 0.1) is 12.0 Å². The number of hydrogen-bond donors (Lipinski definition) is 1. The van der Waals surface area contributed by atoms with Crippen LogP contribution in [0.15, 0.2) is 30.0 Å². The first-order chi connectivity index (χ1) is 13.1. The van der Waals surface area contributed by atoms with E-state index in [9.17, 15) is 27.5 Å². The van der Waals surface area contributed by atoms with E-state index < -0.39 is 23.3 Å². The van der Waals surface area contributed by atoms with Gasteiger partial charge < -0.3 is 14.6 Å². The summed E-state index contributed by atoms with van der Waals surface area (Å²) < 4.78 is 62.4. The highest BCUT2D eigenvalue weighted by atomic mass is 32.1. The molecule has 0 amide bonds. The van der Waals surface area contributed by atoms with Crippen LogP contribution in [-0.4, -0.2) is 29.6 Å². The van der Waals surface area contributed by atoms with Crippen molar-refractivity contribution in [3.8, 4) is 5.88 Å². The van der Waals surface area contributed by atoms with Gasteiger partial charge in [-0.05, 0) is 25.0 Å². The van der Waals surface area contributed by atoms with Crippen molar-refractivity contribution >= 4 is 22.9 Å². The molecule has 1 aromatic carbocycles. The van der Waals surface area contributed by atoms with Crippen LogP contribution in [0.1, 0.15) is 27.9 Å². The van der Waals surface area contributed by atoms with Gasteiger partial charge in [-0.1, -0.05) is 24.3 Å². The summed E-state index contributed by atoms with van der Waals surface area (Å²) in [5.41, 5.74) is 0.674. The van der Waals surface area contributed by atoms with Gasteiger partial charge in [0.25, 0.3) is 0 Å². The molecule has 0 fully saturated rings. The van der Waals surface area contributed by atoms with E-state index in [1.165, 1.54) is 21.0 Å². The number of rotatable bonds is 8. The predicted octanol–water partition coefficient (Wildman–Crippen LogP) is 4.85. The van der Waals surface area contributed by atoms with Gasteiger partial charge in [-0.3, -0.25) is 0 Å². The molecule has 10 heteroatoms. The summed E-state index contributed by atoms with van der Waals surface area (Å²) in [5, 5.41) is 8.45. The third kappa shape index (κ3) is 4.44. The Morgan fingerprint density at radius 1 is 1.32 bits per heavy atom. The second-order valence-corrected chi connectivity index (χ2v) is 6.89. The predicted molar refractivity (Wildman–Crippen MR) is 94.8 cm³/mol. The average Bonchev–Trinajstić information content (AvgIpc) is 3.02. The number of thiazole rings is 1. The highest BCUT2D eigenvalue weighted by molar-refractivity contribution is 7.12. The van der Waals surface area contributed by atoms with E-state index in [0.29, 0.717) is 22.5 Å². The lowest BCUT2D eigenvalue weighted by atomic mass is 9.99. The van der Waals surface area contributed by atoms with Crippen molar-refractivity contribution in [2.24, 2.45) is 0 Å². The van der Waals surface area contributed by atoms with Gasteiger partial charge in [-0.2, -0.15) is 13.8 Å². The zero-order valence-corrected chi connectivity index (χ0v) is 15.9. The normalized spacial score (nSPS) is 12.7. The van der Waals surface area contributed by atoms with Gasteiger partial charge in [-0.25, -0.2) is 13.6 Å². The second kappa shape index (κ2) is 8.59. The topological polar surface area (TPSA) is 68.7 Å². The van der Waals surface area contributed by atoms with Gasteiger partial charge >= 0.3 is 18.3 Å². The molecule has 0 bridgehead atoms. The SMILES string of the molecule is CO/C(C)=C(/C(=O)O)c1ccccc1COc1nc(C(F)(F)C(F)F)sc1C. The summed E-state index contributed by atoms with van der Waals surface area (Å²) in [4.78, 5) is 15.3. The molecule has 0 aliphatic heterocycles. The van der Waals surface area contributed by atoms with E-state index in [0.717, 1.165) is 0 Å². The Morgan fingerprint density at radius 3 is 2.54 bits per heavy atom. The quantitative estimate of drug-likeness (QED) is 0.376. The van der Waals surface area contributed by atoms with Crippen molar-refractivity contribution in [2.75, 3.05) is 7.11 Å². The minimum Gasteiger partial charge on any atom is -0.500 e. The maximum atomic E-state index is 13.5. The lowest BCUT2D eigenvalue weighted by Crippen LogP contribution is -2.23. The number of aliphatic carboxylic acids is 1. The summed E-state index contributed by atoms with van der Waals surface area (Å²) >= 11 is 0.419. The molecule has 0 aliphatic rings. The number of carbonyl (C=O) groups is 1. The molecule has 1 aromatic heterocycles.